The van der Waals surface area contributed by atoms with Gasteiger partial charge in [0.25, 0.3) is 0 Å². The molecule has 0 fully saturated rings. The first-order chi connectivity index (χ1) is 5.29. The molecule has 56 valence electrons. The Labute approximate surface area is 63.6 Å². The van der Waals surface area contributed by atoms with E-state index in [0.29, 0.717) is 18.5 Å². The molecule has 11 heavy (non-hydrogen) atoms. The molecule has 3 nitrogen and oxygen atoms in total. The molecule has 1 aliphatic heterocycles. The summed E-state index contributed by atoms with van der Waals surface area (Å²) >= 11 is 0. The molecule has 0 bridgehead atoms. The number of Topliss-reactive ketones (excluding diaryl/α,β-unsaturated/α-hetero) is 1. The van der Waals surface area contributed by atoms with Crippen LogP contribution in [0.15, 0.2) is 18.3 Å². The SMILES string of the molecule is O=C1CCC(=O)n2cccc21. The topological polar surface area (TPSA) is 39.1 Å². The summed E-state index contributed by atoms with van der Waals surface area (Å²) in [4.78, 5) is 22.2. The van der Waals surface area contributed by atoms with Gasteiger partial charge in [-0.3, -0.25) is 14.2 Å². The van der Waals surface area contributed by atoms with Crippen LogP contribution < -0.4 is 0 Å². The summed E-state index contributed by atoms with van der Waals surface area (Å²) in [5.74, 6) is 0.0826. The Hall–Kier alpha value is -1.38. The molecule has 3 heteroatoms. The normalized spacial score (nSPS) is 16.7. The zero-order chi connectivity index (χ0) is 7.84. The van der Waals surface area contributed by atoms with Gasteiger partial charge in [-0.05, 0) is 12.1 Å². The molecular weight excluding hydrogens is 142 g/mol. The lowest BCUT2D eigenvalue weighted by Crippen LogP contribution is -2.22. The van der Waals surface area contributed by atoms with E-state index >= 15 is 0 Å². The minimum Gasteiger partial charge on any atom is -0.293 e. The first-order valence-electron chi connectivity index (χ1n) is 3.53. The van der Waals surface area contributed by atoms with E-state index in [1.54, 1.807) is 18.3 Å². The van der Waals surface area contributed by atoms with Crippen molar-refractivity contribution >= 4 is 11.7 Å². The largest absolute Gasteiger partial charge is 0.293 e. The molecule has 0 saturated carbocycles. The number of hydrogen-bond acceptors (Lipinski definition) is 2. The van der Waals surface area contributed by atoms with Crippen LogP contribution in [0.4, 0.5) is 0 Å². The molecule has 2 heterocycles. The summed E-state index contributed by atoms with van der Waals surface area (Å²) < 4.78 is 1.42. The van der Waals surface area contributed by atoms with Crippen LogP contribution in [0, 0.1) is 0 Å². The van der Waals surface area contributed by atoms with Gasteiger partial charge in [0, 0.05) is 19.0 Å². The number of hydrogen-bond donors (Lipinski definition) is 0. The van der Waals surface area contributed by atoms with E-state index in [1.807, 2.05) is 0 Å². The Balaban J connectivity index is 2.59. The first kappa shape index (κ1) is 6.34. The lowest BCUT2D eigenvalue weighted by atomic mass is 10.1. The third-order valence-corrected chi connectivity index (χ3v) is 1.87. The van der Waals surface area contributed by atoms with Gasteiger partial charge in [0.2, 0.25) is 5.91 Å². The number of rotatable bonds is 0. The van der Waals surface area contributed by atoms with Crippen LogP contribution in [-0.2, 0) is 0 Å². The lowest BCUT2D eigenvalue weighted by Gasteiger charge is -2.11. The Kier molecular flexibility index (Phi) is 1.18. The van der Waals surface area contributed by atoms with Gasteiger partial charge >= 0.3 is 0 Å². The highest BCUT2D eigenvalue weighted by molar-refractivity contribution is 6.03. The van der Waals surface area contributed by atoms with Gasteiger partial charge in [0.1, 0.15) is 0 Å². The third-order valence-electron chi connectivity index (χ3n) is 1.87. The van der Waals surface area contributed by atoms with E-state index in [1.165, 1.54) is 4.57 Å². The highest BCUT2D eigenvalue weighted by atomic mass is 16.2. The second-order valence-electron chi connectivity index (χ2n) is 2.58. The maximum atomic E-state index is 11.1. The van der Waals surface area contributed by atoms with Gasteiger partial charge < -0.3 is 0 Å². The molecule has 0 amide bonds. The summed E-state index contributed by atoms with van der Waals surface area (Å²) in [5.41, 5.74) is 0.529. The van der Waals surface area contributed by atoms with Crippen molar-refractivity contribution in [2.75, 3.05) is 0 Å². The van der Waals surface area contributed by atoms with Crippen LogP contribution in [0.2, 0.25) is 0 Å². The summed E-state index contributed by atoms with van der Waals surface area (Å²) in [6, 6.07) is 3.40. The first-order valence-corrected chi connectivity index (χ1v) is 3.53. The van der Waals surface area contributed by atoms with Crippen molar-refractivity contribution in [1.82, 2.24) is 4.57 Å². The second-order valence-corrected chi connectivity index (χ2v) is 2.58. The molecule has 1 aliphatic rings. The zero-order valence-electron chi connectivity index (χ0n) is 5.91. The van der Waals surface area contributed by atoms with Crippen molar-refractivity contribution in [2.45, 2.75) is 12.8 Å². The molecule has 0 atom stereocenters. The highest BCUT2D eigenvalue weighted by Gasteiger charge is 2.21. The molecule has 0 aromatic carbocycles. The third kappa shape index (κ3) is 0.808. The lowest BCUT2D eigenvalue weighted by molar-refractivity contribution is 0.0816. The molecule has 2 rings (SSSR count). The standard InChI is InChI=1S/C8H7NO2/c10-7-3-4-8(11)9-5-1-2-6(7)9/h1-2,5H,3-4H2. The van der Waals surface area contributed by atoms with Gasteiger partial charge in [-0.25, -0.2) is 0 Å². The number of carbonyl (C=O) groups is 2. The number of nitrogens with zero attached hydrogens (tertiary/aromatic N) is 1. The van der Waals surface area contributed by atoms with Crippen LogP contribution in [-0.4, -0.2) is 16.3 Å². The fourth-order valence-electron chi connectivity index (χ4n) is 1.29. The number of aromatic nitrogens is 1. The summed E-state index contributed by atoms with van der Waals surface area (Å²) in [6.45, 7) is 0. The van der Waals surface area contributed by atoms with E-state index in [0.717, 1.165) is 0 Å². The Morgan fingerprint density at radius 2 is 2.09 bits per heavy atom. The fourth-order valence-corrected chi connectivity index (χ4v) is 1.29. The monoisotopic (exact) mass is 149 g/mol. The summed E-state index contributed by atoms with van der Waals surface area (Å²) in [7, 11) is 0. The van der Waals surface area contributed by atoms with Crippen molar-refractivity contribution in [3.63, 3.8) is 0 Å². The van der Waals surface area contributed by atoms with Crippen molar-refractivity contribution in [3.8, 4) is 0 Å². The van der Waals surface area contributed by atoms with Crippen molar-refractivity contribution in [3.05, 3.63) is 24.0 Å². The molecule has 0 unspecified atom stereocenters. The minimum absolute atomic E-state index is 0.0181. The summed E-state index contributed by atoms with van der Waals surface area (Å²) in [6.07, 6.45) is 2.35. The highest BCUT2D eigenvalue weighted by Crippen LogP contribution is 2.14. The zero-order valence-corrected chi connectivity index (χ0v) is 5.91. The molecule has 1 aromatic rings. The number of fused-ring (bicyclic) bond motifs is 1. The van der Waals surface area contributed by atoms with E-state index in [-0.39, 0.29) is 11.7 Å². The van der Waals surface area contributed by atoms with Crippen LogP contribution in [0.5, 0.6) is 0 Å². The molecule has 0 spiro atoms. The molecule has 0 N–H and O–H groups in total. The summed E-state index contributed by atoms with van der Waals surface area (Å²) in [5, 5.41) is 0. The smallest absolute Gasteiger partial charge is 0.231 e. The number of ketones is 1. The van der Waals surface area contributed by atoms with Gasteiger partial charge in [0.05, 0.1) is 5.69 Å². The molecular formula is C8H7NO2. The van der Waals surface area contributed by atoms with E-state index < -0.39 is 0 Å². The maximum absolute atomic E-state index is 11.1. The molecule has 0 saturated heterocycles. The van der Waals surface area contributed by atoms with Gasteiger partial charge in [0.15, 0.2) is 5.78 Å². The predicted molar refractivity (Wildman–Crippen MR) is 38.6 cm³/mol. The van der Waals surface area contributed by atoms with E-state index in [4.69, 9.17) is 0 Å². The van der Waals surface area contributed by atoms with Gasteiger partial charge in [-0.1, -0.05) is 0 Å². The quantitative estimate of drug-likeness (QED) is 0.554. The molecule has 1 aromatic heterocycles. The van der Waals surface area contributed by atoms with Crippen molar-refractivity contribution in [1.29, 1.82) is 0 Å². The average Bonchev–Trinajstić information content (AvgIpc) is 2.45. The molecule has 0 aliphatic carbocycles. The van der Waals surface area contributed by atoms with E-state index in [2.05, 4.69) is 0 Å². The van der Waals surface area contributed by atoms with Gasteiger partial charge in [-0.15, -0.1) is 0 Å². The van der Waals surface area contributed by atoms with E-state index in [9.17, 15) is 9.59 Å². The van der Waals surface area contributed by atoms with Crippen LogP contribution in [0.1, 0.15) is 28.1 Å². The fraction of sp³-hybridized carbons (Fsp3) is 0.250. The Morgan fingerprint density at radius 1 is 1.27 bits per heavy atom. The van der Waals surface area contributed by atoms with Crippen LogP contribution in [0.3, 0.4) is 0 Å². The van der Waals surface area contributed by atoms with Crippen LogP contribution in [0.25, 0.3) is 0 Å². The predicted octanol–water partition coefficient (Wildman–Crippen LogP) is 1.10. The maximum Gasteiger partial charge on any atom is 0.231 e. The van der Waals surface area contributed by atoms with Crippen molar-refractivity contribution in [2.24, 2.45) is 0 Å². The van der Waals surface area contributed by atoms with Crippen molar-refractivity contribution < 1.29 is 9.59 Å². The van der Waals surface area contributed by atoms with Crippen LogP contribution >= 0.6 is 0 Å². The Bertz CT molecular complexity index is 294. The minimum atomic E-state index is 0.0181. The Morgan fingerprint density at radius 3 is 2.82 bits per heavy atom. The molecule has 0 radical (unpaired) electrons. The number of carbonyl (C=O) groups excluding carboxylic acids is 2. The van der Waals surface area contributed by atoms with Gasteiger partial charge in [-0.2, -0.15) is 0 Å². The second kappa shape index (κ2) is 2.05. The average molecular weight is 149 g/mol.